The van der Waals surface area contributed by atoms with Crippen molar-refractivity contribution >= 4 is 17.4 Å². The van der Waals surface area contributed by atoms with Crippen molar-refractivity contribution in [3.05, 3.63) is 64.7 Å². The number of Topliss-reactive ketones (excluding diaryl/α,β-unsaturated/α-hetero) is 1. The van der Waals surface area contributed by atoms with Crippen LogP contribution in [0.5, 0.6) is 11.5 Å². The van der Waals surface area contributed by atoms with Crippen molar-refractivity contribution in [1.82, 2.24) is 4.90 Å². The van der Waals surface area contributed by atoms with Gasteiger partial charge in [0.15, 0.2) is 11.5 Å². The molecular weight excluding hydrogens is 422 g/mol. The highest BCUT2D eigenvalue weighted by molar-refractivity contribution is 6.46. The molecule has 0 saturated carbocycles. The lowest BCUT2D eigenvalue weighted by molar-refractivity contribution is -0.140. The predicted molar refractivity (Wildman–Crippen MR) is 123 cm³/mol. The highest BCUT2D eigenvalue weighted by Gasteiger charge is 2.45. The molecule has 1 saturated heterocycles. The van der Waals surface area contributed by atoms with Crippen LogP contribution in [-0.2, 0) is 14.3 Å². The minimum atomic E-state index is -0.697. The number of ether oxygens (including phenoxy) is 3. The van der Waals surface area contributed by atoms with Crippen LogP contribution in [0.3, 0.4) is 0 Å². The van der Waals surface area contributed by atoms with Gasteiger partial charge in [-0.1, -0.05) is 38.1 Å². The molecule has 1 N–H and O–H groups in total. The van der Waals surface area contributed by atoms with E-state index >= 15 is 0 Å². The van der Waals surface area contributed by atoms with Gasteiger partial charge in [-0.2, -0.15) is 0 Å². The number of carbonyl (C=O) groups is 2. The van der Waals surface area contributed by atoms with Gasteiger partial charge in [-0.05, 0) is 41.7 Å². The standard InChI is InChI=1S/C26H29NO6/c1-16(2)17-5-7-18(8-6-17)23-22(25(29)26(30)27(23)11-4-12-31-3)24(28)19-9-10-20-21(15-19)33-14-13-32-20/h5-10,15-16,23,28H,4,11-14H2,1-3H3. The summed E-state index contributed by atoms with van der Waals surface area (Å²) in [4.78, 5) is 27.6. The highest BCUT2D eigenvalue weighted by atomic mass is 16.6. The van der Waals surface area contributed by atoms with Crippen LogP contribution in [0.4, 0.5) is 0 Å². The van der Waals surface area contributed by atoms with Gasteiger partial charge in [-0.3, -0.25) is 9.59 Å². The van der Waals surface area contributed by atoms with Crippen LogP contribution in [0.25, 0.3) is 5.76 Å². The van der Waals surface area contributed by atoms with E-state index in [1.54, 1.807) is 25.3 Å². The molecule has 1 amide bonds. The number of carbonyl (C=O) groups excluding carboxylic acids is 2. The van der Waals surface area contributed by atoms with Gasteiger partial charge in [-0.25, -0.2) is 0 Å². The van der Waals surface area contributed by atoms with Crippen molar-refractivity contribution in [3.8, 4) is 11.5 Å². The summed E-state index contributed by atoms with van der Waals surface area (Å²) in [5, 5.41) is 11.2. The average molecular weight is 452 g/mol. The zero-order valence-corrected chi connectivity index (χ0v) is 19.2. The van der Waals surface area contributed by atoms with Gasteiger partial charge in [-0.15, -0.1) is 0 Å². The lowest BCUT2D eigenvalue weighted by Crippen LogP contribution is -2.31. The Morgan fingerprint density at radius 3 is 2.45 bits per heavy atom. The Morgan fingerprint density at radius 1 is 1.09 bits per heavy atom. The molecule has 0 aliphatic carbocycles. The normalized spacial score (nSPS) is 19.4. The third-order valence-electron chi connectivity index (χ3n) is 6.02. The van der Waals surface area contributed by atoms with Gasteiger partial charge in [0.05, 0.1) is 11.6 Å². The Kier molecular flexibility index (Phi) is 6.70. The average Bonchev–Trinajstić information content (AvgIpc) is 3.08. The minimum absolute atomic E-state index is 0.0754. The smallest absolute Gasteiger partial charge is 0.295 e. The molecule has 2 aromatic rings. The van der Waals surface area contributed by atoms with Crippen molar-refractivity contribution in [1.29, 1.82) is 0 Å². The number of aliphatic hydroxyl groups is 1. The Morgan fingerprint density at radius 2 is 1.79 bits per heavy atom. The second-order valence-corrected chi connectivity index (χ2v) is 8.52. The Hall–Kier alpha value is -3.32. The lowest BCUT2D eigenvalue weighted by Gasteiger charge is -2.26. The molecule has 4 rings (SSSR count). The molecule has 1 atom stereocenters. The van der Waals surface area contributed by atoms with Gasteiger partial charge >= 0.3 is 0 Å². The summed E-state index contributed by atoms with van der Waals surface area (Å²) in [6.45, 7) is 5.87. The molecule has 7 nitrogen and oxygen atoms in total. The second kappa shape index (κ2) is 9.67. The van der Waals surface area contributed by atoms with Gasteiger partial charge in [0, 0.05) is 25.8 Å². The van der Waals surface area contributed by atoms with E-state index in [0.717, 1.165) is 11.1 Å². The summed E-state index contributed by atoms with van der Waals surface area (Å²) in [6.07, 6.45) is 0.578. The van der Waals surface area contributed by atoms with Crippen LogP contribution in [-0.4, -0.2) is 55.2 Å². The zero-order chi connectivity index (χ0) is 23.5. The summed E-state index contributed by atoms with van der Waals surface area (Å²) < 4.78 is 16.3. The molecule has 2 aromatic carbocycles. The predicted octanol–water partition coefficient (Wildman–Crippen LogP) is 4.04. The van der Waals surface area contributed by atoms with Crippen molar-refractivity contribution in [2.24, 2.45) is 0 Å². The van der Waals surface area contributed by atoms with Crippen LogP contribution >= 0.6 is 0 Å². The number of hydrogen-bond acceptors (Lipinski definition) is 6. The molecule has 2 aliphatic rings. The number of amides is 1. The highest BCUT2D eigenvalue weighted by Crippen LogP contribution is 2.41. The monoisotopic (exact) mass is 451 g/mol. The fourth-order valence-corrected chi connectivity index (χ4v) is 4.25. The fraction of sp³-hybridized carbons (Fsp3) is 0.385. The van der Waals surface area contributed by atoms with Gasteiger partial charge in [0.25, 0.3) is 11.7 Å². The molecule has 7 heteroatoms. The number of likely N-dealkylation sites (tertiary alicyclic amines) is 1. The van der Waals surface area contributed by atoms with Crippen molar-refractivity contribution in [2.45, 2.75) is 32.2 Å². The van der Waals surface area contributed by atoms with Gasteiger partial charge in [0.1, 0.15) is 19.0 Å². The van der Waals surface area contributed by atoms with E-state index < -0.39 is 17.7 Å². The van der Waals surface area contributed by atoms with Crippen LogP contribution in [0, 0.1) is 0 Å². The third kappa shape index (κ3) is 4.46. The number of fused-ring (bicyclic) bond motifs is 1. The van der Waals surface area contributed by atoms with Crippen LogP contribution in [0.15, 0.2) is 48.0 Å². The molecule has 0 radical (unpaired) electrons. The second-order valence-electron chi connectivity index (χ2n) is 8.52. The van der Waals surface area contributed by atoms with Crippen molar-refractivity contribution in [2.75, 3.05) is 33.5 Å². The number of methoxy groups -OCH3 is 1. The molecule has 1 unspecified atom stereocenters. The van der Waals surface area contributed by atoms with E-state index in [4.69, 9.17) is 14.2 Å². The van der Waals surface area contributed by atoms with E-state index in [1.807, 2.05) is 24.3 Å². The maximum Gasteiger partial charge on any atom is 0.295 e. The Balaban J connectivity index is 1.79. The number of ketones is 1. The SMILES string of the molecule is COCCCN1C(=O)C(=O)C(=C(O)c2ccc3c(c2)OCCO3)C1c1ccc(C(C)C)cc1. The zero-order valence-electron chi connectivity index (χ0n) is 19.2. The molecule has 174 valence electrons. The molecule has 33 heavy (non-hydrogen) atoms. The van der Waals surface area contributed by atoms with Gasteiger partial charge < -0.3 is 24.2 Å². The number of benzene rings is 2. The summed E-state index contributed by atoms with van der Waals surface area (Å²) in [5.74, 6) is -0.112. The van der Waals surface area contributed by atoms with E-state index in [2.05, 4.69) is 13.8 Å². The summed E-state index contributed by atoms with van der Waals surface area (Å²) in [7, 11) is 1.60. The number of rotatable bonds is 7. The number of hydrogen-bond donors (Lipinski definition) is 1. The van der Waals surface area contributed by atoms with Crippen molar-refractivity contribution in [3.63, 3.8) is 0 Å². The maximum absolute atomic E-state index is 13.1. The first kappa shape index (κ1) is 22.9. The molecule has 2 heterocycles. The molecule has 1 fully saturated rings. The molecular formula is C26H29NO6. The molecule has 2 aliphatic heterocycles. The summed E-state index contributed by atoms with van der Waals surface area (Å²) in [6, 6.07) is 12.2. The van der Waals surface area contributed by atoms with E-state index in [9.17, 15) is 14.7 Å². The summed E-state index contributed by atoms with van der Waals surface area (Å²) >= 11 is 0. The minimum Gasteiger partial charge on any atom is -0.507 e. The van der Waals surface area contributed by atoms with Crippen LogP contribution in [0.2, 0.25) is 0 Å². The molecule has 0 aromatic heterocycles. The molecule has 0 bridgehead atoms. The first-order chi connectivity index (χ1) is 15.9. The molecule has 0 spiro atoms. The Bertz CT molecular complexity index is 1070. The number of nitrogens with zero attached hydrogens (tertiary/aromatic N) is 1. The van der Waals surface area contributed by atoms with Crippen molar-refractivity contribution < 1.29 is 28.9 Å². The van der Waals surface area contributed by atoms with Crippen LogP contribution < -0.4 is 9.47 Å². The summed E-state index contributed by atoms with van der Waals surface area (Å²) in [5.41, 5.74) is 2.40. The third-order valence-corrected chi connectivity index (χ3v) is 6.02. The van der Waals surface area contributed by atoms with Gasteiger partial charge in [0.2, 0.25) is 0 Å². The van der Waals surface area contributed by atoms with E-state index in [1.165, 1.54) is 4.90 Å². The van der Waals surface area contributed by atoms with E-state index in [0.29, 0.717) is 55.8 Å². The van der Waals surface area contributed by atoms with Crippen LogP contribution in [0.1, 0.15) is 48.9 Å². The largest absolute Gasteiger partial charge is 0.507 e. The van der Waals surface area contributed by atoms with E-state index in [-0.39, 0.29) is 11.3 Å². The fourth-order valence-electron chi connectivity index (χ4n) is 4.25. The Labute approximate surface area is 193 Å². The number of aliphatic hydroxyl groups excluding tert-OH is 1. The quantitative estimate of drug-likeness (QED) is 0.296. The topological polar surface area (TPSA) is 85.3 Å². The first-order valence-electron chi connectivity index (χ1n) is 11.2. The lowest BCUT2D eigenvalue weighted by atomic mass is 9.93. The first-order valence-corrected chi connectivity index (χ1v) is 11.2. The maximum atomic E-state index is 13.1.